The molecule has 5 heterocycles. The van der Waals surface area contributed by atoms with Crippen LogP contribution in [0.4, 0.5) is 10.1 Å². The summed E-state index contributed by atoms with van der Waals surface area (Å²) in [5, 5.41) is 23.4. The zero-order valence-corrected chi connectivity index (χ0v) is 22.2. The fraction of sp³-hybridized carbons (Fsp3) is 0.393. The van der Waals surface area contributed by atoms with Crippen molar-refractivity contribution >= 4 is 23.1 Å². The van der Waals surface area contributed by atoms with Gasteiger partial charge in [-0.1, -0.05) is 0 Å². The standard InChI is InChI=1S/C28H26FN9O3/c1-41-24-9-18(19(29)13-31-24)21-10-22(36-35-21)27(40)37-6-2-15(11-28(37)4-5-28)26(39)34-23-14-32-38-7-3-20(33-25(23)38)17-8-16(17)12-30/h3,7,9-10,13-17H,2,4-6,8,11H2,1H3,(H,34,39)(H,35,36)/t15-,16?,17-/m0/s1. The Morgan fingerprint density at radius 3 is 2.90 bits per heavy atom. The van der Waals surface area contributed by atoms with Crippen LogP contribution >= 0.6 is 0 Å². The van der Waals surface area contributed by atoms with Crippen LogP contribution in [0.15, 0.2) is 36.8 Å². The highest BCUT2D eigenvalue weighted by atomic mass is 19.1. The van der Waals surface area contributed by atoms with E-state index in [0.717, 1.165) is 31.2 Å². The molecular weight excluding hydrogens is 529 g/mol. The summed E-state index contributed by atoms with van der Waals surface area (Å²) >= 11 is 0. The molecule has 1 spiro atoms. The van der Waals surface area contributed by atoms with Gasteiger partial charge < -0.3 is 15.0 Å². The summed E-state index contributed by atoms with van der Waals surface area (Å²) in [5.41, 5.74) is 2.25. The minimum absolute atomic E-state index is 0.0121. The second-order valence-electron chi connectivity index (χ2n) is 11.0. The predicted octanol–water partition coefficient (Wildman–Crippen LogP) is 3.31. The monoisotopic (exact) mass is 555 g/mol. The van der Waals surface area contributed by atoms with Gasteiger partial charge in [-0.15, -0.1) is 0 Å². The number of amides is 2. The predicted molar refractivity (Wildman–Crippen MR) is 142 cm³/mol. The Morgan fingerprint density at radius 2 is 2.15 bits per heavy atom. The Labute approximate surface area is 233 Å². The number of nitriles is 1. The number of nitrogens with one attached hydrogen (secondary N) is 2. The Hall–Kier alpha value is -4.86. The third kappa shape index (κ3) is 4.35. The van der Waals surface area contributed by atoms with E-state index in [9.17, 15) is 14.0 Å². The van der Waals surface area contributed by atoms with Crippen molar-refractivity contribution in [3.05, 3.63) is 54.0 Å². The minimum atomic E-state index is -0.560. The van der Waals surface area contributed by atoms with Crippen molar-refractivity contribution in [1.29, 1.82) is 5.26 Å². The number of carbonyl (C=O) groups is 2. The molecule has 3 fully saturated rings. The third-order valence-electron chi connectivity index (χ3n) is 8.45. The highest BCUT2D eigenvalue weighted by molar-refractivity contribution is 5.97. The van der Waals surface area contributed by atoms with Crippen molar-refractivity contribution < 1.29 is 18.7 Å². The van der Waals surface area contributed by atoms with E-state index in [1.807, 2.05) is 11.0 Å². The molecular formula is C28H26FN9O3. The molecule has 0 bridgehead atoms. The molecule has 4 aromatic rings. The van der Waals surface area contributed by atoms with Crippen LogP contribution in [0.2, 0.25) is 0 Å². The second kappa shape index (κ2) is 9.36. The summed E-state index contributed by atoms with van der Waals surface area (Å²) in [6, 6.07) is 7.12. The van der Waals surface area contributed by atoms with Crippen LogP contribution in [0.5, 0.6) is 5.88 Å². The molecule has 12 nitrogen and oxygen atoms in total. The number of methoxy groups -OCH3 is 1. The smallest absolute Gasteiger partial charge is 0.274 e. The number of ether oxygens (including phenoxy) is 1. The average Bonchev–Trinajstić information content (AvgIpc) is 3.85. The van der Waals surface area contributed by atoms with Gasteiger partial charge in [-0.05, 0) is 44.2 Å². The quantitative estimate of drug-likeness (QED) is 0.367. The topological polar surface area (TPSA) is 154 Å². The number of pyridine rings is 1. The molecule has 2 N–H and O–H groups in total. The van der Waals surface area contributed by atoms with E-state index in [-0.39, 0.29) is 46.7 Å². The van der Waals surface area contributed by atoms with Gasteiger partial charge in [0.15, 0.2) is 17.2 Å². The Bertz CT molecular complexity index is 1740. The summed E-state index contributed by atoms with van der Waals surface area (Å²) in [6.07, 6.45) is 7.88. The normalized spacial score (nSPS) is 22.4. The van der Waals surface area contributed by atoms with Crippen LogP contribution in [-0.2, 0) is 4.79 Å². The molecule has 0 radical (unpaired) electrons. The van der Waals surface area contributed by atoms with Gasteiger partial charge in [0.2, 0.25) is 11.8 Å². The molecule has 13 heteroatoms. The summed E-state index contributed by atoms with van der Waals surface area (Å²) in [7, 11) is 1.44. The largest absolute Gasteiger partial charge is 0.481 e. The summed E-state index contributed by atoms with van der Waals surface area (Å²) in [5.74, 6) is -0.859. The average molecular weight is 556 g/mol. The number of likely N-dealkylation sites (tertiary alicyclic amines) is 1. The van der Waals surface area contributed by atoms with E-state index in [1.54, 1.807) is 16.9 Å². The maximum absolute atomic E-state index is 14.4. The first-order chi connectivity index (χ1) is 19.9. The highest BCUT2D eigenvalue weighted by Gasteiger charge is 2.54. The van der Waals surface area contributed by atoms with E-state index in [2.05, 4.69) is 36.7 Å². The summed E-state index contributed by atoms with van der Waals surface area (Å²) in [6.45, 7) is 0.408. The molecule has 1 unspecified atom stereocenters. The number of anilines is 1. The number of piperidine rings is 1. The van der Waals surface area contributed by atoms with Crippen molar-refractivity contribution in [3.8, 4) is 23.2 Å². The number of carbonyl (C=O) groups excluding carboxylic acids is 2. The number of H-pyrrole nitrogens is 1. The number of hydrogen-bond acceptors (Lipinski definition) is 8. The summed E-state index contributed by atoms with van der Waals surface area (Å²) < 4.78 is 21.1. The van der Waals surface area contributed by atoms with Crippen LogP contribution in [0.3, 0.4) is 0 Å². The molecule has 3 atom stereocenters. The van der Waals surface area contributed by atoms with Crippen LogP contribution < -0.4 is 10.1 Å². The van der Waals surface area contributed by atoms with E-state index < -0.39 is 11.4 Å². The third-order valence-corrected chi connectivity index (χ3v) is 8.45. The van der Waals surface area contributed by atoms with Crippen molar-refractivity contribution in [2.24, 2.45) is 11.8 Å². The van der Waals surface area contributed by atoms with Crippen molar-refractivity contribution in [2.45, 2.75) is 43.6 Å². The Kier molecular flexibility index (Phi) is 5.74. The molecule has 4 aromatic heterocycles. The lowest BCUT2D eigenvalue weighted by molar-refractivity contribution is -0.122. The molecule has 2 saturated carbocycles. The first kappa shape index (κ1) is 25.1. The Balaban J connectivity index is 1.04. The minimum Gasteiger partial charge on any atom is -0.481 e. The van der Waals surface area contributed by atoms with Gasteiger partial charge in [-0.25, -0.2) is 18.9 Å². The molecule has 1 aliphatic heterocycles. The highest BCUT2D eigenvalue weighted by Crippen LogP contribution is 2.51. The van der Waals surface area contributed by atoms with Crippen molar-refractivity contribution in [1.82, 2.24) is 34.7 Å². The number of nitrogens with zero attached hydrogens (tertiary/aromatic N) is 7. The molecule has 7 rings (SSSR count). The number of aromatic nitrogens is 6. The van der Waals surface area contributed by atoms with Crippen molar-refractivity contribution in [2.75, 3.05) is 19.0 Å². The lowest BCUT2D eigenvalue weighted by Crippen LogP contribution is -2.50. The number of rotatable bonds is 6. The first-order valence-electron chi connectivity index (χ1n) is 13.5. The van der Waals surface area contributed by atoms with Gasteiger partial charge in [0, 0.05) is 47.4 Å². The lowest BCUT2D eigenvalue weighted by Gasteiger charge is -2.39. The maximum Gasteiger partial charge on any atom is 0.274 e. The van der Waals surface area contributed by atoms with Crippen LogP contribution in [-0.4, -0.2) is 65.7 Å². The summed E-state index contributed by atoms with van der Waals surface area (Å²) in [4.78, 5) is 37.2. The van der Waals surface area contributed by atoms with Gasteiger partial charge in [-0.3, -0.25) is 14.7 Å². The van der Waals surface area contributed by atoms with Gasteiger partial charge in [0.05, 0.1) is 37.2 Å². The SMILES string of the molecule is COc1cc(-c2cc(C(=O)N3CC[C@H](C(=O)Nc4cnn5ccc([C@H]6CC6C#N)nc45)CC34CC4)n[nH]2)c(F)cn1. The molecule has 2 amide bonds. The molecule has 3 aliphatic rings. The second-order valence-corrected chi connectivity index (χ2v) is 11.0. The van der Waals surface area contributed by atoms with E-state index >= 15 is 0 Å². The number of fused-ring (bicyclic) bond motifs is 1. The van der Waals surface area contributed by atoms with Crippen LogP contribution in [0, 0.1) is 29.0 Å². The van der Waals surface area contributed by atoms with Gasteiger partial charge in [0.1, 0.15) is 5.69 Å². The van der Waals surface area contributed by atoms with Crippen molar-refractivity contribution in [3.63, 3.8) is 0 Å². The zero-order chi connectivity index (χ0) is 28.3. The van der Waals surface area contributed by atoms with Gasteiger partial charge in [-0.2, -0.15) is 15.5 Å². The van der Waals surface area contributed by atoms with E-state index in [1.165, 1.54) is 19.2 Å². The van der Waals surface area contributed by atoms with E-state index in [4.69, 9.17) is 10.00 Å². The van der Waals surface area contributed by atoms with Crippen LogP contribution in [0.1, 0.15) is 54.2 Å². The fourth-order valence-electron chi connectivity index (χ4n) is 5.87. The Morgan fingerprint density at radius 1 is 1.29 bits per heavy atom. The zero-order valence-electron chi connectivity index (χ0n) is 22.2. The molecule has 0 aromatic carbocycles. The molecule has 208 valence electrons. The lowest BCUT2D eigenvalue weighted by atomic mass is 9.88. The van der Waals surface area contributed by atoms with Gasteiger partial charge in [0.25, 0.3) is 5.91 Å². The van der Waals surface area contributed by atoms with E-state index in [0.29, 0.717) is 36.4 Å². The number of halogens is 1. The maximum atomic E-state index is 14.4. The fourth-order valence-corrected chi connectivity index (χ4v) is 5.87. The van der Waals surface area contributed by atoms with Gasteiger partial charge >= 0.3 is 0 Å². The molecule has 41 heavy (non-hydrogen) atoms. The van der Waals surface area contributed by atoms with Crippen LogP contribution in [0.25, 0.3) is 16.9 Å². The number of aromatic amines is 1. The molecule has 1 saturated heterocycles. The number of hydrogen-bond donors (Lipinski definition) is 2. The first-order valence-corrected chi connectivity index (χ1v) is 13.5. The molecule has 2 aliphatic carbocycles.